The van der Waals surface area contributed by atoms with Gasteiger partial charge in [-0.3, -0.25) is 19.2 Å². The van der Waals surface area contributed by atoms with Gasteiger partial charge in [0.15, 0.2) is 0 Å². The molecule has 4 aliphatic heterocycles. The summed E-state index contributed by atoms with van der Waals surface area (Å²) in [6.07, 6.45) is 5.68. The molecule has 0 aromatic carbocycles. The summed E-state index contributed by atoms with van der Waals surface area (Å²) in [6.45, 7) is 7.43. The molecule has 0 saturated carbocycles. The maximum Gasteiger partial charge on any atom is 0.303 e. The Balaban J connectivity index is 1.53. The number of hydrogen-bond donors (Lipinski definition) is 8. The van der Waals surface area contributed by atoms with E-state index in [-0.39, 0.29) is 49.3 Å². The van der Waals surface area contributed by atoms with Gasteiger partial charge in [-0.25, -0.2) is 0 Å². The lowest BCUT2D eigenvalue weighted by Crippen LogP contribution is -2.49. The Morgan fingerprint density at radius 3 is 2.28 bits per heavy atom. The van der Waals surface area contributed by atoms with Gasteiger partial charge in [0.1, 0.15) is 6.10 Å². The Morgan fingerprint density at radius 1 is 1.00 bits per heavy atom. The van der Waals surface area contributed by atoms with Crippen LogP contribution in [0.3, 0.4) is 0 Å². The second-order valence-corrected chi connectivity index (χ2v) is 13.6. The van der Waals surface area contributed by atoms with Crippen LogP contribution in [0.4, 0.5) is 0 Å². The summed E-state index contributed by atoms with van der Waals surface area (Å²) in [5.74, 6) is -1.33. The van der Waals surface area contributed by atoms with Gasteiger partial charge in [-0.1, -0.05) is 6.92 Å². The van der Waals surface area contributed by atoms with E-state index in [2.05, 4.69) is 20.9 Å². The van der Waals surface area contributed by atoms with Gasteiger partial charge in [-0.05, 0) is 85.9 Å². The number of amides is 2. The van der Waals surface area contributed by atoms with Crippen LogP contribution >= 0.6 is 11.8 Å². The quantitative estimate of drug-likeness (QED) is 0.155. The summed E-state index contributed by atoms with van der Waals surface area (Å²) in [4.78, 5) is 51.8. The first-order chi connectivity index (χ1) is 21.8. The van der Waals surface area contributed by atoms with Crippen molar-refractivity contribution in [1.82, 2.24) is 20.9 Å². The second-order valence-electron chi connectivity index (χ2n) is 12.4. The van der Waals surface area contributed by atoms with Crippen LogP contribution in [0.5, 0.6) is 0 Å². The Hall–Kier alpha value is -4.23. The number of H-pyrrole nitrogens is 1. The Kier molecular flexibility index (Phi) is 9.54. The molecule has 1 unspecified atom stereocenters. The van der Waals surface area contributed by atoms with Crippen molar-refractivity contribution in [3.05, 3.63) is 68.5 Å². The molecule has 9 N–H and O–H groups in total. The highest BCUT2D eigenvalue weighted by Gasteiger charge is 2.45. The maximum absolute atomic E-state index is 12.6. The van der Waals surface area contributed by atoms with E-state index in [0.717, 1.165) is 39.4 Å². The van der Waals surface area contributed by atoms with Crippen molar-refractivity contribution in [3.8, 4) is 0 Å². The molecule has 2 amide bonds. The van der Waals surface area contributed by atoms with Crippen LogP contribution < -0.4 is 21.7 Å². The number of aliphatic hydroxyl groups is 1. The zero-order chi connectivity index (χ0) is 33.4. The molecule has 4 aliphatic rings. The molecule has 1 aromatic rings. The smallest absolute Gasteiger partial charge is 0.303 e. The number of nitrogens with one attached hydrogen (secondary N) is 4. The third-order valence-electron chi connectivity index (χ3n) is 9.50. The molecule has 0 radical (unpaired) electrons. The van der Waals surface area contributed by atoms with Crippen LogP contribution in [0.15, 0.2) is 46.0 Å². The van der Waals surface area contributed by atoms with E-state index >= 15 is 0 Å². The number of aliphatic carboxylic acids is 2. The first-order valence-corrected chi connectivity index (χ1v) is 16.4. The van der Waals surface area contributed by atoms with Gasteiger partial charge in [0, 0.05) is 64.0 Å². The van der Waals surface area contributed by atoms with Crippen molar-refractivity contribution in [2.75, 3.05) is 5.75 Å². The largest absolute Gasteiger partial charge is 0.481 e. The van der Waals surface area contributed by atoms with Crippen LogP contribution in [0, 0.1) is 18.8 Å². The van der Waals surface area contributed by atoms with Crippen LogP contribution in [0.1, 0.15) is 62.5 Å². The minimum atomic E-state index is -1.08. The van der Waals surface area contributed by atoms with Crippen molar-refractivity contribution in [2.24, 2.45) is 17.6 Å². The lowest BCUT2D eigenvalue weighted by atomic mass is 9.91. The highest BCUT2D eigenvalue weighted by Crippen LogP contribution is 2.46. The maximum atomic E-state index is 12.6. The molecule has 1 aromatic heterocycles. The SMILES string of the molecule is CC1=C(CCC(=O)O)/C(=C/c2[nH]c(/C=C3\NC(=O)[C@H](C)[C@H]3[C@H]3CS3)c(C)c2CCC(=O)O)NC1[C@@H](O)[C@H]1NC(=O)C(/C=C/N)=C1C. The second kappa shape index (κ2) is 13.2. The van der Waals surface area contributed by atoms with Crippen molar-refractivity contribution < 1.29 is 34.5 Å². The molecular weight excluding hydrogens is 610 g/mol. The Bertz CT molecular complexity index is 1630. The number of hydrogen-bond acceptors (Lipinski definition) is 8. The Morgan fingerprint density at radius 2 is 1.65 bits per heavy atom. The standard InChI is InChI=1S/C33H41N5O7S/c1-14-18(5-7-26(39)40)22(35-21(14)11-24-28(25-13-46-25)17(4)32(44)37-24)12-23-19(6-8-27(41)42)15(2)29(36-23)31(43)30-16(3)20(9-10-34)33(45)38-30/h9-12,17,25,28-31,35-36,43H,5-8,13,34H2,1-4H3,(H,37,44)(H,38,45)(H,39,40)(H,41,42)/b10-9+,23-12-,24-11-/t17-,25-,28-,29?,30+,31-/m1/s1. The zero-order valence-electron chi connectivity index (χ0n) is 26.3. The molecule has 6 atom stereocenters. The minimum absolute atomic E-state index is 0.0143. The lowest BCUT2D eigenvalue weighted by molar-refractivity contribution is -0.138. The minimum Gasteiger partial charge on any atom is -0.481 e. The van der Waals surface area contributed by atoms with Gasteiger partial charge in [-0.2, -0.15) is 11.8 Å². The van der Waals surface area contributed by atoms with E-state index in [9.17, 15) is 34.5 Å². The van der Waals surface area contributed by atoms with E-state index < -0.39 is 30.1 Å². The number of aromatic nitrogens is 1. The molecule has 13 heteroatoms. The van der Waals surface area contributed by atoms with Gasteiger partial charge in [0.25, 0.3) is 5.91 Å². The topological polar surface area (TPSA) is 207 Å². The normalized spacial score (nSPS) is 28.4. The average Bonchev–Trinajstić information content (AvgIpc) is 3.56. The number of carboxylic acid groups (broad SMARTS) is 2. The fraction of sp³-hybridized carbons (Fsp3) is 0.455. The predicted octanol–water partition coefficient (Wildman–Crippen LogP) is 2.32. The highest BCUT2D eigenvalue weighted by molar-refractivity contribution is 8.06. The summed E-state index contributed by atoms with van der Waals surface area (Å²) in [5.41, 5.74) is 12.5. The van der Waals surface area contributed by atoms with Crippen LogP contribution in [0.2, 0.25) is 0 Å². The molecule has 246 valence electrons. The third kappa shape index (κ3) is 6.52. The Labute approximate surface area is 271 Å². The molecule has 2 saturated heterocycles. The number of thioether (sulfide) groups is 1. The number of aliphatic hydroxyl groups excluding tert-OH is 1. The van der Waals surface area contributed by atoms with Gasteiger partial charge in [-0.15, -0.1) is 0 Å². The fourth-order valence-corrected chi connectivity index (χ4v) is 7.71. The van der Waals surface area contributed by atoms with Crippen LogP contribution in [-0.4, -0.2) is 73.2 Å². The number of rotatable bonds is 12. The van der Waals surface area contributed by atoms with Crippen LogP contribution in [-0.2, 0) is 25.6 Å². The molecule has 46 heavy (non-hydrogen) atoms. The van der Waals surface area contributed by atoms with Gasteiger partial charge >= 0.3 is 11.9 Å². The fourth-order valence-electron chi connectivity index (χ4n) is 6.80. The van der Waals surface area contributed by atoms with E-state index in [4.69, 9.17) is 5.73 Å². The predicted molar refractivity (Wildman–Crippen MR) is 175 cm³/mol. The number of allylic oxidation sites excluding steroid dienone is 2. The van der Waals surface area contributed by atoms with Gasteiger partial charge in [0.2, 0.25) is 5.91 Å². The molecular formula is C33H41N5O7S. The first kappa shape index (κ1) is 33.1. The van der Waals surface area contributed by atoms with Crippen LogP contribution in [0.25, 0.3) is 12.2 Å². The molecule has 5 heterocycles. The van der Waals surface area contributed by atoms with Gasteiger partial charge < -0.3 is 42.0 Å². The number of carbonyl (C=O) groups excluding carboxylic acids is 2. The molecule has 5 rings (SSSR count). The molecule has 0 bridgehead atoms. The molecule has 12 nitrogen and oxygen atoms in total. The van der Waals surface area contributed by atoms with Crippen molar-refractivity contribution >= 4 is 47.7 Å². The molecule has 2 fully saturated rings. The van der Waals surface area contributed by atoms with Gasteiger partial charge in [0.05, 0.1) is 12.1 Å². The highest BCUT2D eigenvalue weighted by atomic mass is 32.2. The number of carboxylic acids is 2. The van der Waals surface area contributed by atoms with Crippen molar-refractivity contribution in [3.63, 3.8) is 0 Å². The summed E-state index contributed by atoms with van der Waals surface area (Å²) in [6, 6.07) is -1.33. The third-order valence-corrected chi connectivity index (χ3v) is 10.5. The van der Waals surface area contributed by atoms with Crippen molar-refractivity contribution in [2.45, 2.75) is 76.8 Å². The van der Waals surface area contributed by atoms with E-state index in [0.29, 0.717) is 27.8 Å². The number of nitrogens with two attached hydrogens (primary N) is 1. The lowest BCUT2D eigenvalue weighted by Gasteiger charge is -2.27. The van der Waals surface area contributed by atoms with E-state index in [1.165, 1.54) is 12.3 Å². The average molecular weight is 652 g/mol. The monoisotopic (exact) mass is 651 g/mol. The van der Waals surface area contributed by atoms with E-state index in [1.807, 2.05) is 44.7 Å². The summed E-state index contributed by atoms with van der Waals surface area (Å²) in [7, 11) is 0. The summed E-state index contributed by atoms with van der Waals surface area (Å²) in [5, 5.41) is 40.1. The zero-order valence-corrected chi connectivity index (χ0v) is 27.1. The first-order valence-electron chi connectivity index (χ1n) is 15.4. The molecule has 0 aliphatic carbocycles. The van der Waals surface area contributed by atoms with E-state index in [1.54, 1.807) is 6.92 Å². The number of aromatic amines is 1. The summed E-state index contributed by atoms with van der Waals surface area (Å²) >= 11 is 1.82. The number of carbonyl (C=O) groups is 4. The van der Waals surface area contributed by atoms with Crippen molar-refractivity contribution in [1.29, 1.82) is 0 Å². The molecule has 0 spiro atoms. The summed E-state index contributed by atoms with van der Waals surface area (Å²) < 4.78 is 0.